The number of carbonyl (C=O) groups excluding carboxylic acids is 2. The summed E-state index contributed by atoms with van der Waals surface area (Å²) in [6.07, 6.45) is 1.62. The smallest absolute Gasteiger partial charge is 0.333 e. The van der Waals surface area contributed by atoms with Crippen LogP contribution in [-0.2, 0) is 11.4 Å². The van der Waals surface area contributed by atoms with Gasteiger partial charge in [-0.1, -0.05) is 76.6 Å². The van der Waals surface area contributed by atoms with Crippen molar-refractivity contribution in [1.29, 1.82) is 0 Å². The van der Waals surface area contributed by atoms with Crippen molar-refractivity contribution in [3.63, 3.8) is 0 Å². The predicted molar refractivity (Wildman–Crippen MR) is 139 cm³/mol. The highest BCUT2D eigenvalue weighted by Crippen LogP contribution is 2.36. The van der Waals surface area contributed by atoms with Crippen LogP contribution in [0.3, 0.4) is 0 Å². The van der Waals surface area contributed by atoms with Gasteiger partial charge in [-0.05, 0) is 52.2 Å². The Labute approximate surface area is 210 Å². The van der Waals surface area contributed by atoms with Gasteiger partial charge in [0, 0.05) is 4.47 Å². The number of imide groups is 1. The van der Waals surface area contributed by atoms with Gasteiger partial charge in [0.15, 0.2) is 11.5 Å². The van der Waals surface area contributed by atoms with E-state index in [-0.39, 0.29) is 5.70 Å². The van der Waals surface area contributed by atoms with Gasteiger partial charge in [0.2, 0.25) is 0 Å². The Morgan fingerprint density at radius 1 is 0.914 bits per heavy atom. The SMILES string of the molecule is COc1cc(/C=C2/NC(=O)N(c3ccccc3)C2=O)c(Br)cc1OCc1cccc2ccccc12. The van der Waals surface area contributed by atoms with E-state index >= 15 is 0 Å². The maximum absolute atomic E-state index is 12.9. The number of benzene rings is 4. The highest BCUT2D eigenvalue weighted by molar-refractivity contribution is 9.10. The van der Waals surface area contributed by atoms with E-state index < -0.39 is 11.9 Å². The number of hydrogen-bond acceptors (Lipinski definition) is 4. The van der Waals surface area contributed by atoms with Crippen molar-refractivity contribution in [2.24, 2.45) is 0 Å². The molecule has 1 heterocycles. The molecular formula is C28H21BrN2O4. The van der Waals surface area contributed by atoms with E-state index in [4.69, 9.17) is 9.47 Å². The summed E-state index contributed by atoms with van der Waals surface area (Å²) in [6, 6.07) is 26.1. The van der Waals surface area contributed by atoms with Crippen molar-refractivity contribution in [3.8, 4) is 11.5 Å². The minimum atomic E-state index is -0.495. The van der Waals surface area contributed by atoms with Crippen molar-refractivity contribution in [2.45, 2.75) is 6.61 Å². The molecule has 0 atom stereocenters. The molecule has 3 amide bonds. The first-order chi connectivity index (χ1) is 17.0. The average molecular weight is 529 g/mol. The molecule has 1 fully saturated rings. The molecule has 174 valence electrons. The number of nitrogens with zero attached hydrogens (tertiary/aromatic N) is 1. The van der Waals surface area contributed by atoms with E-state index in [0.717, 1.165) is 21.2 Å². The van der Waals surface area contributed by atoms with Gasteiger partial charge in [-0.2, -0.15) is 0 Å². The van der Waals surface area contributed by atoms with Crippen molar-refractivity contribution < 1.29 is 19.1 Å². The van der Waals surface area contributed by atoms with Crippen molar-refractivity contribution in [1.82, 2.24) is 5.32 Å². The molecule has 4 aromatic carbocycles. The molecule has 0 saturated carbocycles. The molecule has 5 rings (SSSR count). The van der Waals surface area contributed by atoms with E-state index in [1.807, 2.05) is 30.3 Å². The Balaban J connectivity index is 1.41. The number of anilines is 1. The first kappa shape index (κ1) is 22.7. The number of hydrogen-bond donors (Lipinski definition) is 1. The Hall–Kier alpha value is -4.10. The van der Waals surface area contributed by atoms with Gasteiger partial charge in [0.05, 0.1) is 12.8 Å². The second-order valence-electron chi connectivity index (χ2n) is 7.92. The summed E-state index contributed by atoms with van der Waals surface area (Å²) < 4.78 is 12.4. The van der Waals surface area contributed by atoms with Crippen LogP contribution < -0.4 is 19.7 Å². The number of fused-ring (bicyclic) bond motifs is 1. The molecule has 1 saturated heterocycles. The lowest BCUT2D eigenvalue weighted by molar-refractivity contribution is -0.113. The molecule has 0 aliphatic carbocycles. The third-order valence-electron chi connectivity index (χ3n) is 5.74. The highest BCUT2D eigenvalue weighted by Gasteiger charge is 2.34. The molecular weight excluding hydrogens is 508 g/mol. The van der Waals surface area contributed by atoms with Crippen molar-refractivity contribution in [2.75, 3.05) is 12.0 Å². The molecule has 0 radical (unpaired) electrons. The summed E-state index contributed by atoms with van der Waals surface area (Å²) in [5.41, 5.74) is 2.41. The minimum absolute atomic E-state index is 0.172. The van der Waals surface area contributed by atoms with Crippen molar-refractivity contribution >= 4 is 50.4 Å². The van der Waals surface area contributed by atoms with Crippen LogP contribution in [0.5, 0.6) is 11.5 Å². The number of para-hydroxylation sites is 1. The van der Waals surface area contributed by atoms with Gasteiger partial charge in [-0.25, -0.2) is 9.69 Å². The fourth-order valence-electron chi connectivity index (χ4n) is 4.01. The largest absolute Gasteiger partial charge is 0.493 e. The van der Waals surface area contributed by atoms with Crippen LogP contribution in [-0.4, -0.2) is 19.0 Å². The molecule has 0 aromatic heterocycles. The van der Waals surface area contributed by atoms with E-state index in [0.29, 0.717) is 33.8 Å². The third-order valence-corrected chi connectivity index (χ3v) is 6.43. The Morgan fingerprint density at radius 2 is 1.66 bits per heavy atom. The Morgan fingerprint density at radius 3 is 2.46 bits per heavy atom. The summed E-state index contributed by atoms with van der Waals surface area (Å²) in [5.74, 6) is 0.641. The monoisotopic (exact) mass is 528 g/mol. The predicted octanol–water partition coefficient (Wildman–Crippen LogP) is 6.29. The maximum Gasteiger partial charge on any atom is 0.333 e. The molecule has 0 spiro atoms. The lowest BCUT2D eigenvalue weighted by atomic mass is 10.1. The summed E-state index contributed by atoms with van der Waals surface area (Å²) >= 11 is 3.56. The van der Waals surface area contributed by atoms with Crippen LogP contribution in [0, 0.1) is 0 Å². The van der Waals surface area contributed by atoms with Crippen LogP contribution in [0.1, 0.15) is 11.1 Å². The number of ether oxygens (including phenoxy) is 2. The van der Waals surface area contributed by atoms with Crippen LogP contribution >= 0.6 is 15.9 Å². The third kappa shape index (κ3) is 4.50. The highest BCUT2D eigenvalue weighted by atomic mass is 79.9. The molecule has 0 unspecified atom stereocenters. The Kier molecular flexibility index (Phi) is 6.25. The summed E-state index contributed by atoms with van der Waals surface area (Å²) in [6.45, 7) is 0.366. The van der Waals surface area contributed by atoms with Crippen LogP contribution in [0.2, 0.25) is 0 Å². The second kappa shape index (κ2) is 9.64. The standard InChI is InChI=1S/C28H21BrN2O4/c1-34-25-15-20(14-24-27(32)31(28(33)30-24)21-11-3-2-4-12-21)23(29)16-26(25)35-17-19-10-7-9-18-8-5-6-13-22(18)19/h2-16H,17H2,1H3,(H,30,33)/b24-14+. The number of urea groups is 1. The number of carbonyl (C=O) groups is 2. The van der Waals surface area contributed by atoms with Crippen LogP contribution in [0.4, 0.5) is 10.5 Å². The van der Waals surface area contributed by atoms with E-state index in [1.165, 1.54) is 0 Å². The molecule has 1 aliphatic rings. The summed E-state index contributed by atoms with van der Waals surface area (Å²) in [7, 11) is 1.56. The lowest BCUT2D eigenvalue weighted by Gasteiger charge is -2.14. The second-order valence-corrected chi connectivity index (χ2v) is 8.77. The van der Waals surface area contributed by atoms with E-state index in [1.54, 1.807) is 49.6 Å². The summed E-state index contributed by atoms with van der Waals surface area (Å²) in [5, 5.41) is 4.93. The van der Waals surface area contributed by atoms with Gasteiger partial charge in [-0.3, -0.25) is 4.79 Å². The molecule has 1 N–H and O–H groups in total. The quantitative estimate of drug-likeness (QED) is 0.236. The zero-order valence-electron chi connectivity index (χ0n) is 18.8. The van der Waals surface area contributed by atoms with E-state index in [9.17, 15) is 9.59 Å². The number of halogens is 1. The zero-order valence-corrected chi connectivity index (χ0v) is 20.4. The average Bonchev–Trinajstić information content (AvgIpc) is 3.16. The molecule has 6 nitrogen and oxygen atoms in total. The van der Waals surface area contributed by atoms with Gasteiger partial charge in [0.1, 0.15) is 12.3 Å². The normalized spacial score (nSPS) is 14.5. The summed E-state index contributed by atoms with van der Waals surface area (Å²) in [4.78, 5) is 26.5. The maximum atomic E-state index is 12.9. The fourth-order valence-corrected chi connectivity index (χ4v) is 4.45. The van der Waals surface area contributed by atoms with Gasteiger partial charge in [-0.15, -0.1) is 0 Å². The Bertz CT molecular complexity index is 1460. The van der Waals surface area contributed by atoms with Crippen LogP contribution in [0.25, 0.3) is 16.8 Å². The topological polar surface area (TPSA) is 67.9 Å². The van der Waals surface area contributed by atoms with Crippen molar-refractivity contribution in [3.05, 3.63) is 106 Å². The first-order valence-corrected chi connectivity index (χ1v) is 11.7. The minimum Gasteiger partial charge on any atom is -0.493 e. The number of methoxy groups -OCH3 is 1. The van der Waals surface area contributed by atoms with Gasteiger partial charge in [0.25, 0.3) is 5.91 Å². The van der Waals surface area contributed by atoms with Gasteiger partial charge >= 0.3 is 6.03 Å². The molecule has 0 bridgehead atoms. The fraction of sp³-hybridized carbons (Fsp3) is 0.0714. The number of nitrogens with one attached hydrogen (secondary N) is 1. The molecule has 4 aromatic rings. The molecule has 7 heteroatoms. The molecule has 35 heavy (non-hydrogen) atoms. The lowest BCUT2D eigenvalue weighted by Crippen LogP contribution is -2.30. The van der Waals surface area contributed by atoms with Gasteiger partial charge < -0.3 is 14.8 Å². The van der Waals surface area contributed by atoms with E-state index in [2.05, 4.69) is 39.4 Å². The number of amides is 3. The van der Waals surface area contributed by atoms with Crippen LogP contribution in [0.15, 0.2) is 95.1 Å². The number of rotatable bonds is 6. The zero-order chi connectivity index (χ0) is 24.4. The first-order valence-electron chi connectivity index (χ1n) is 10.9. The molecule has 1 aliphatic heterocycles.